The van der Waals surface area contributed by atoms with E-state index in [-0.39, 0.29) is 46.0 Å². The second-order valence-electron chi connectivity index (χ2n) is 9.36. The lowest BCUT2D eigenvalue weighted by Gasteiger charge is -2.27. The number of aryl methyl sites for hydroxylation is 1. The van der Waals surface area contributed by atoms with Crippen molar-refractivity contribution in [3.8, 4) is 5.75 Å². The number of amides is 1. The third-order valence-corrected chi connectivity index (χ3v) is 6.80. The minimum absolute atomic E-state index is 0.147. The van der Waals surface area contributed by atoms with Gasteiger partial charge in [0, 0.05) is 28.3 Å². The minimum Gasteiger partial charge on any atom is -0.505 e. The molecule has 1 aromatic carbocycles. The first-order valence-electron chi connectivity index (χ1n) is 11.0. The van der Waals surface area contributed by atoms with Gasteiger partial charge in [0.05, 0.1) is 11.3 Å². The summed E-state index contributed by atoms with van der Waals surface area (Å²) in [6.45, 7) is 9.72. The summed E-state index contributed by atoms with van der Waals surface area (Å²) >= 11 is 1.67. The standard InChI is InChI=1S/C23H29N5O4S/c1-14-10-11-17(33-14)19(23(2,3)4)25-21-20(26-32-28(21)31)24-16-9-7-8-15(18(16)29)22(30)27-12-5-6-13-27/h7-11,19,31H,5-6,12-13H2,1-4H3,(H2,24,25,26,29,30)/p+1/t19-/m0/s1. The molecule has 2 aromatic heterocycles. The highest BCUT2D eigenvalue weighted by Crippen LogP contribution is 2.40. The quantitative estimate of drug-likeness (QED) is 0.309. The SMILES string of the molecule is Cc1ccc([C@H](Nc2c(Nc3cccc(C(=O)N4CCCC4)c3O)no[n+]2O)C(C)(C)C)s1. The molecular weight excluding hydrogens is 442 g/mol. The summed E-state index contributed by atoms with van der Waals surface area (Å²) in [4.78, 5) is 17.4. The number of rotatable bonds is 6. The number of carbonyl (C=O) groups is 1. The summed E-state index contributed by atoms with van der Waals surface area (Å²) in [5.74, 6) is 0.0112. The normalized spacial score (nSPS) is 15.0. The lowest BCUT2D eigenvalue weighted by atomic mass is 9.86. The Balaban J connectivity index is 1.62. The fourth-order valence-corrected chi connectivity index (χ4v) is 5.13. The molecule has 9 nitrogen and oxygen atoms in total. The molecule has 0 saturated carbocycles. The van der Waals surface area contributed by atoms with Gasteiger partial charge in [-0.3, -0.25) is 10.1 Å². The van der Waals surface area contributed by atoms with Gasteiger partial charge in [-0.05, 0) is 44.0 Å². The third kappa shape index (κ3) is 4.75. The Morgan fingerprint density at radius 2 is 1.97 bits per heavy atom. The number of aromatic nitrogens is 2. The summed E-state index contributed by atoms with van der Waals surface area (Å²) in [5.41, 5.74) is 0.318. The Kier molecular flexibility index (Phi) is 6.20. The summed E-state index contributed by atoms with van der Waals surface area (Å²) < 4.78 is 4.97. The molecule has 1 aliphatic rings. The van der Waals surface area contributed by atoms with Crippen molar-refractivity contribution in [3.05, 3.63) is 45.6 Å². The molecule has 0 aliphatic carbocycles. The van der Waals surface area contributed by atoms with Crippen LogP contribution in [0, 0.1) is 12.3 Å². The Morgan fingerprint density at radius 1 is 1.24 bits per heavy atom. The molecular formula is C23H30N5O4S+. The van der Waals surface area contributed by atoms with Crippen LogP contribution in [0.25, 0.3) is 0 Å². The van der Waals surface area contributed by atoms with Crippen molar-refractivity contribution in [2.45, 2.75) is 46.6 Å². The molecule has 10 heteroatoms. The maximum atomic E-state index is 12.8. The minimum atomic E-state index is -0.203. The Bertz CT molecular complexity index is 1140. The maximum Gasteiger partial charge on any atom is 0.366 e. The van der Waals surface area contributed by atoms with Gasteiger partial charge >= 0.3 is 11.6 Å². The lowest BCUT2D eigenvalue weighted by Crippen LogP contribution is -2.35. The summed E-state index contributed by atoms with van der Waals surface area (Å²) in [6.07, 6.45) is 1.93. The zero-order valence-corrected chi connectivity index (χ0v) is 20.1. The number of hydrogen-bond donors (Lipinski definition) is 4. The first-order valence-corrected chi connectivity index (χ1v) is 11.8. The molecule has 33 heavy (non-hydrogen) atoms. The van der Waals surface area contributed by atoms with Crippen LogP contribution in [0.2, 0.25) is 0 Å². The van der Waals surface area contributed by atoms with E-state index in [9.17, 15) is 15.1 Å². The molecule has 3 heterocycles. The van der Waals surface area contributed by atoms with Gasteiger partial charge in [0.2, 0.25) is 0 Å². The lowest BCUT2D eigenvalue weighted by molar-refractivity contribution is -1.03. The van der Waals surface area contributed by atoms with E-state index in [4.69, 9.17) is 4.63 Å². The summed E-state index contributed by atoms with van der Waals surface area (Å²) in [6, 6.07) is 8.90. The number of carbonyl (C=O) groups excluding carboxylic acids is 1. The number of phenols is 1. The van der Waals surface area contributed by atoms with Crippen molar-refractivity contribution in [3.63, 3.8) is 0 Å². The van der Waals surface area contributed by atoms with Crippen LogP contribution in [0.5, 0.6) is 5.75 Å². The van der Waals surface area contributed by atoms with Crippen molar-refractivity contribution < 1.29 is 24.6 Å². The van der Waals surface area contributed by atoms with E-state index < -0.39 is 0 Å². The van der Waals surface area contributed by atoms with Crippen molar-refractivity contribution in [1.82, 2.24) is 10.1 Å². The average Bonchev–Trinajstić information content (AvgIpc) is 3.49. The number of aromatic hydroxyl groups is 1. The first-order chi connectivity index (χ1) is 15.6. The Morgan fingerprint density at radius 3 is 2.61 bits per heavy atom. The second kappa shape index (κ2) is 8.93. The van der Waals surface area contributed by atoms with Crippen LogP contribution in [0.3, 0.4) is 0 Å². The van der Waals surface area contributed by atoms with Crippen LogP contribution >= 0.6 is 11.3 Å². The molecule has 1 aliphatic heterocycles. The van der Waals surface area contributed by atoms with Crippen LogP contribution in [-0.2, 0) is 0 Å². The van der Waals surface area contributed by atoms with E-state index in [0.29, 0.717) is 18.0 Å². The third-order valence-electron chi connectivity index (χ3n) is 5.73. The number of thiophene rings is 1. The predicted octanol–water partition coefficient (Wildman–Crippen LogP) is 4.45. The molecule has 4 N–H and O–H groups in total. The van der Waals surface area contributed by atoms with Gasteiger partial charge in [-0.1, -0.05) is 31.5 Å². The van der Waals surface area contributed by atoms with Crippen LogP contribution in [0.15, 0.2) is 35.0 Å². The van der Waals surface area contributed by atoms with Crippen LogP contribution in [0.1, 0.15) is 59.8 Å². The molecule has 1 saturated heterocycles. The molecule has 0 bridgehead atoms. The van der Waals surface area contributed by atoms with Gasteiger partial charge in [0.25, 0.3) is 5.91 Å². The number of likely N-dealkylation sites (tertiary alicyclic amines) is 1. The maximum absolute atomic E-state index is 12.8. The summed E-state index contributed by atoms with van der Waals surface area (Å²) in [7, 11) is 0. The van der Waals surface area contributed by atoms with E-state index in [1.807, 2.05) is 6.92 Å². The number of anilines is 3. The molecule has 0 spiro atoms. The zero-order chi connectivity index (χ0) is 23.8. The van der Waals surface area contributed by atoms with Gasteiger partial charge in [-0.15, -0.1) is 11.3 Å². The van der Waals surface area contributed by atoms with E-state index >= 15 is 0 Å². The van der Waals surface area contributed by atoms with E-state index in [1.54, 1.807) is 34.4 Å². The molecule has 4 rings (SSSR count). The highest BCUT2D eigenvalue weighted by atomic mass is 32.1. The number of phenolic OH excluding ortho intramolecular Hbond substituents is 1. The predicted molar refractivity (Wildman–Crippen MR) is 125 cm³/mol. The first kappa shape index (κ1) is 22.9. The fourth-order valence-electron chi connectivity index (χ4n) is 3.95. The summed E-state index contributed by atoms with van der Waals surface area (Å²) in [5, 5.41) is 31.3. The molecule has 176 valence electrons. The Hall–Kier alpha value is -3.27. The van der Waals surface area contributed by atoms with Gasteiger partial charge in [-0.25, -0.2) is 0 Å². The van der Waals surface area contributed by atoms with Crippen LogP contribution < -0.4 is 15.5 Å². The molecule has 1 fully saturated rings. The van der Waals surface area contributed by atoms with Gasteiger partial charge in [0.1, 0.15) is 16.1 Å². The van der Waals surface area contributed by atoms with E-state index in [2.05, 4.69) is 48.7 Å². The largest absolute Gasteiger partial charge is 0.505 e. The van der Waals surface area contributed by atoms with E-state index in [0.717, 1.165) is 17.7 Å². The number of nitrogens with zero attached hydrogens (tertiary/aromatic N) is 3. The Labute approximate surface area is 196 Å². The van der Waals surface area contributed by atoms with Crippen molar-refractivity contribution in [2.75, 3.05) is 23.7 Å². The molecule has 0 radical (unpaired) electrons. The fraction of sp³-hybridized carbons (Fsp3) is 0.435. The van der Waals surface area contributed by atoms with Crippen molar-refractivity contribution in [2.24, 2.45) is 5.41 Å². The van der Waals surface area contributed by atoms with E-state index in [1.165, 1.54) is 4.88 Å². The molecule has 1 amide bonds. The monoisotopic (exact) mass is 472 g/mol. The van der Waals surface area contributed by atoms with Crippen molar-refractivity contribution in [1.29, 1.82) is 0 Å². The molecule has 1 atom stereocenters. The van der Waals surface area contributed by atoms with Crippen LogP contribution in [-0.4, -0.2) is 39.4 Å². The smallest absolute Gasteiger partial charge is 0.366 e. The van der Waals surface area contributed by atoms with Gasteiger partial charge in [0.15, 0.2) is 5.75 Å². The second-order valence-corrected chi connectivity index (χ2v) is 10.7. The van der Waals surface area contributed by atoms with Gasteiger partial charge < -0.3 is 20.5 Å². The average molecular weight is 473 g/mol. The molecule has 3 aromatic rings. The number of benzene rings is 1. The topological polar surface area (TPSA) is 115 Å². The van der Waals surface area contributed by atoms with Crippen molar-refractivity contribution >= 4 is 34.6 Å². The molecule has 0 unspecified atom stereocenters. The number of nitrogens with one attached hydrogen (secondary N) is 2. The zero-order valence-electron chi connectivity index (χ0n) is 19.3. The number of para-hydroxylation sites is 1. The highest BCUT2D eigenvalue weighted by molar-refractivity contribution is 7.12. The van der Waals surface area contributed by atoms with Gasteiger partial charge in [-0.2, -0.15) is 0 Å². The number of hydrogen-bond acceptors (Lipinski definition) is 8. The van der Waals surface area contributed by atoms with Crippen LogP contribution in [0.4, 0.5) is 17.3 Å². The highest BCUT2D eigenvalue weighted by Gasteiger charge is 2.36.